The van der Waals surface area contributed by atoms with Crippen LogP contribution in [0.15, 0.2) is 0 Å². The lowest BCUT2D eigenvalue weighted by Gasteiger charge is -1.99. The topological polar surface area (TPSA) is 38.8 Å². The fourth-order valence-corrected chi connectivity index (χ4v) is 0.942. The third kappa shape index (κ3) is 3.98. The molecule has 1 fully saturated rings. The number of epoxide rings is 1. The molecule has 3 nitrogen and oxygen atoms in total. The van der Waals surface area contributed by atoms with Crippen LogP contribution in [-0.2, 0) is 14.3 Å². The van der Waals surface area contributed by atoms with Crippen molar-refractivity contribution in [2.75, 3.05) is 13.2 Å². The molecule has 11 heavy (non-hydrogen) atoms. The number of carbonyl (C=O) groups is 1. The van der Waals surface area contributed by atoms with Gasteiger partial charge < -0.3 is 9.47 Å². The molecule has 0 aromatic heterocycles. The van der Waals surface area contributed by atoms with Crippen molar-refractivity contribution in [1.82, 2.24) is 0 Å². The van der Waals surface area contributed by atoms with Crippen LogP contribution in [0.3, 0.4) is 0 Å². The summed E-state index contributed by atoms with van der Waals surface area (Å²) >= 11 is 0. The number of carbonyl (C=O) groups excluding carboxylic acids is 1. The van der Waals surface area contributed by atoms with Crippen molar-refractivity contribution in [3.8, 4) is 0 Å². The first kappa shape index (κ1) is 8.53. The highest BCUT2D eigenvalue weighted by Crippen LogP contribution is 2.16. The van der Waals surface area contributed by atoms with Gasteiger partial charge in [0.1, 0.15) is 0 Å². The fourth-order valence-electron chi connectivity index (χ4n) is 0.942. The molecule has 0 spiro atoms. The summed E-state index contributed by atoms with van der Waals surface area (Å²) in [6, 6.07) is 0. The zero-order valence-corrected chi connectivity index (χ0v) is 6.84. The van der Waals surface area contributed by atoms with Gasteiger partial charge >= 0.3 is 5.97 Å². The number of ether oxygens (including phenoxy) is 2. The van der Waals surface area contributed by atoms with Gasteiger partial charge in [0, 0.05) is 6.42 Å². The molecule has 0 radical (unpaired) electrons. The molecular formula is C8H14O3. The molecule has 3 heteroatoms. The Bertz CT molecular complexity index is 129. The maximum atomic E-state index is 10.8. The van der Waals surface area contributed by atoms with Gasteiger partial charge in [0.05, 0.1) is 19.3 Å². The highest BCUT2D eigenvalue weighted by molar-refractivity contribution is 5.69. The minimum Gasteiger partial charge on any atom is -0.466 e. The Morgan fingerprint density at radius 3 is 3.00 bits per heavy atom. The SMILES string of the molecule is CCOC(=O)CCCC1CO1. The summed E-state index contributed by atoms with van der Waals surface area (Å²) < 4.78 is 9.76. The maximum absolute atomic E-state index is 10.8. The Balaban J connectivity index is 1.88. The van der Waals surface area contributed by atoms with Crippen LogP contribution in [0.5, 0.6) is 0 Å². The largest absolute Gasteiger partial charge is 0.466 e. The van der Waals surface area contributed by atoms with Crippen molar-refractivity contribution in [3.05, 3.63) is 0 Å². The van der Waals surface area contributed by atoms with Gasteiger partial charge in [-0.05, 0) is 19.8 Å². The summed E-state index contributed by atoms with van der Waals surface area (Å²) in [6.07, 6.45) is 2.86. The van der Waals surface area contributed by atoms with Gasteiger partial charge in [-0.3, -0.25) is 4.79 Å². The number of rotatable bonds is 5. The van der Waals surface area contributed by atoms with Gasteiger partial charge in [-0.15, -0.1) is 0 Å². The molecule has 1 aliphatic heterocycles. The highest BCUT2D eigenvalue weighted by Gasteiger charge is 2.21. The van der Waals surface area contributed by atoms with Gasteiger partial charge in [-0.2, -0.15) is 0 Å². The lowest BCUT2D eigenvalue weighted by atomic mass is 10.2. The van der Waals surface area contributed by atoms with Crippen LogP contribution < -0.4 is 0 Å². The first-order valence-electron chi connectivity index (χ1n) is 4.10. The van der Waals surface area contributed by atoms with Gasteiger partial charge in [-0.25, -0.2) is 0 Å². The average Bonchev–Trinajstić information content (AvgIpc) is 2.72. The molecule has 0 aromatic rings. The first-order valence-corrected chi connectivity index (χ1v) is 4.10. The molecule has 64 valence electrons. The summed E-state index contributed by atoms with van der Waals surface area (Å²) in [5, 5.41) is 0. The van der Waals surface area contributed by atoms with E-state index in [4.69, 9.17) is 9.47 Å². The Labute approximate surface area is 66.7 Å². The molecule has 0 saturated carbocycles. The zero-order valence-electron chi connectivity index (χ0n) is 6.84. The normalized spacial score (nSPS) is 21.4. The summed E-state index contributed by atoms with van der Waals surface area (Å²) in [5.41, 5.74) is 0. The predicted octanol–water partition coefficient (Wildman–Crippen LogP) is 1.12. The highest BCUT2D eigenvalue weighted by atomic mass is 16.6. The van der Waals surface area contributed by atoms with Crippen LogP contribution in [0.25, 0.3) is 0 Å². The summed E-state index contributed by atoms with van der Waals surface area (Å²) in [5.74, 6) is -0.0897. The van der Waals surface area contributed by atoms with E-state index in [1.165, 1.54) is 0 Å². The molecule has 0 aliphatic carbocycles. The average molecular weight is 158 g/mol. The van der Waals surface area contributed by atoms with E-state index in [1.54, 1.807) is 0 Å². The lowest BCUT2D eigenvalue weighted by molar-refractivity contribution is -0.143. The number of hydrogen-bond acceptors (Lipinski definition) is 3. The van der Waals surface area contributed by atoms with Crippen molar-refractivity contribution in [3.63, 3.8) is 0 Å². The predicted molar refractivity (Wildman–Crippen MR) is 40.2 cm³/mol. The van der Waals surface area contributed by atoms with Crippen molar-refractivity contribution >= 4 is 5.97 Å². The third-order valence-corrected chi connectivity index (χ3v) is 1.61. The molecule has 0 bridgehead atoms. The minimum atomic E-state index is -0.0897. The molecule has 1 saturated heterocycles. The third-order valence-electron chi connectivity index (χ3n) is 1.61. The summed E-state index contributed by atoms with van der Waals surface area (Å²) in [6.45, 7) is 3.18. The van der Waals surface area contributed by atoms with Gasteiger partial charge in [0.25, 0.3) is 0 Å². The van der Waals surface area contributed by atoms with Gasteiger partial charge in [0.2, 0.25) is 0 Å². The van der Waals surface area contributed by atoms with Crippen LogP contribution >= 0.6 is 0 Å². The second-order valence-electron chi connectivity index (χ2n) is 2.65. The van der Waals surface area contributed by atoms with Crippen LogP contribution in [-0.4, -0.2) is 25.3 Å². The van der Waals surface area contributed by atoms with Crippen molar-refractivity contribution in [2.24, 2.45) is 0 Å². The van der Waals surface area contributed by atoms with E-state index in [-0.39, 0.29) is 5.97 Å². The van der Waals surface area contributed by atoms with Crippen LogP contribution in [0, 0.1) is 0 Å². The Hall–Kier alpha value is -0.570. The minimum absolute atomic E-state index is 0.0897. The molecule has 0 amide bonds. The molecule has 1 atom stereocenters. The summed E-state index contributed by atoms with van der Waals surface area (Å²) in [7, 11) is 0. The van der Waals surface area contributed by atoms with Crippen molar-refractivity contribution in [1.29, 1.82) is 0 Å². The van der Waals surface area contributed by atoms with Gasteiger partial charge in [-0.1, -0.05) is 0 Å². The summed E-state index contributed by atoms with van der Waals surface area (Å²) in [4.78, 5) is 10.8. The van der Waals surface area contributed by atoms with Crippen molar-refractivity contribution in [2.45, 2.75) is 32.3 Å². The molecule has 0 aromatic carbocycles. The standard InChI is InChI=1S/C8H14O3/c1-2-10-8(9)5-3-4-7-6-11-7/h7H,2-6H2,1H3. The first-order chi connectivity index (χ1) is 5.33. The Kier molecular flexibility index (Phi) is 3.36. The monoisotopic (exact) mass is 158 g/mol. The van der Waals surface area contributed by atoms with Crippen LogP contribution in [0.4, 0.5) is 0 Å². The van der Waals surface area contributed by atoms with Crippen LogP contribution in [0.1, 0.15) is 26.2 Å². The maximum Gasteiger partial charge on any atom is 0.305 e. The van der Waals surface area contributed by atoms with E-state index in [2.05, 4.69) is 0 Å². The van der Waals surface area contributed by atoms with E-state index < -0.39 is 0 Å². The molecular weight excluding hydrogens is 144 g/mol. The second-order valence-corrected chi connectivity index (χ2v) is 2.65. The van der Waals surface area contributed by atoms with Crippen molar-refractivity contribution < 1.29 is 14.3 Å². The molecule has 1 rings (SSSR count). The molecule has 1 aliphatic rings. The van der Waals surface area contributed by atoms with E-state index >= 15 is 0 Å². The zero-order chi connectivity index (χ0) is 8.10. The van der Waals surface area contributed by atoms with E-state index in [0.717, 1.165) is 19.4 Å². The smallest absolute Gasteiger partial charge is 0.305 e. The number of hydrogen-bond donors (Lipinski definition) is 0. The van der Waals surface area contributed by atoms with E-state index in [9.17, 15) is 4.79 Å². The fraction of sp³-hybridized carbons (Fsp3) is 0.875. The van der Waals surface area contributed by atoms with E-state index in [0.29, 0.717) is 19.1 Å². The number of esters is 1. The van der Waals surface area contributed by atoms with Crippen LogP contribution in [0.2, 0.25) is 0 Å². The Morgan fingerprint density at radius 1 is 1.73 bits per heavy atom. The second kappa shape index (κ2) is 4.34. The van der Waals surface area contributed by atoms with E-state index in [1.807, 2.05) is 6.92 Å². The van der Waals surface area contributed by atoms with Gasteiger partial charge in [0.15, 0.2) is 0 Å². The molecule has 0 N–H and O–H groups in total. The Morgan fingerprint density at radius 2 is 2.45 bits per heavy atom. The molecule has 1 unspecified atom stereocenters. The lowest BCUT2D eigenvalue weighted by Crippen LogP contribution is -2.03. The quantitative estimate of drug-likeness (QED) is 0.444. The molecule has 1 heterocycles.